The van der Waals surface area contributed by atoms with Crippen LogP contribution in [-0.2, 0) is 16.4 Å². The molecule has 0 aliphatic carbocycles. The number of benzene rings is 1. The molecule has 116 valence electrons. The third-order valence-corrected chi connectivity index (χ3v) is 5.09. The molecule has 3 rings (SSSR count). The third kappa shape index (κ3) is 2.45. The third-order valence-electron chi connectivity index (χ3n) is 3.45. The predicted molar refractivity (Wildman–Crippen MR) is 84.3 cm³/mol. The summed E-state index contributed by atoms with van der Waals surface area (Å²) in [6.07, 6.45) is 0.795. The van der Waals surface area contributed by atoms with Gasteiger partial charge in [0, 0.05) is 6.42 Å². The highest BCUT2D eigenvalue weighted by molar-refractivity contribution is 7.92. The molecule has 2 aromatic heterocycles. The fourth-order valence-corrected chi connectivity index (χ4v) is 3.86. The van der Waals surface area contributed by atoms with Gasteiger partial charge in [0.05, 0.1) is 28.1 Å². The molecule has 0 atom stereocenters. The van der Waals surface area contributed by atoms with E-state index in [1.54, 1.807) is 32.0 Å². The molecule has 0 fully saturated rings. The summed E-state index contributed by atoms with van der Waals surface area (Å²) < 4.78 is 27.6. The second-order valence-electron chi connectivity index (χ2n) is 5.14. The van der Waals surface area contributed by atoms with Crippen molar-refractivity contribution in [2.45, 2.75) is 32.1 Å². The fourth-order valence-electron chi connectivity index (χ4n) is 2.44. The van der Waals surface area contributed by atoms with E-state index in [9.17, 15) is 8.42 Å². The lowest BCUT2D eigenvalue weighted by atomic mass is 10.3. The van der Waals surface area contributed by atoms with Gasteiger partial charge in [0.15, 0.2) is 0 Å². The largest absolute Gasteiger partial charge is 0.342 e. The first-order valence-corrected chi connectivity index (χ1v) is 8.42. The van der Waals surface area contributed by atoms with Crippen molar-refractivity contribution in [3.05, 3.63) is 35.4 Å². The molecule has 0 saturated heterocycles. The Morgan fingerprint density at radius 2 is 2.05 bits per heavy atom. The Balaban J connectivity index is 1.98. The van der Waals surface area contributed by atoms with Crippen LogP contribution < -0.4 is 4.72 Å². The van der Waals surface area contributed by atoms with Crippen LogP contribution in [0.5, 0.6) is 0 Å². The molecule has 0 spiro atoms. The van der Waals surface area contributed by atoms with Crippen LogP contribution in [0, 0.1) is 13.8 Å². The first kappa shape index (κ1) is 14.6. The van der Waals surface area contributed by atoms with Gasteiger partial charge in [-0.3, -0.25) is 9.82 Å². The van der Waals surface area contributed by atoms with Crippen molar-refractivity contribution in [3.8, 4) is 0 Å². The van der Waals surface area contributed by atoms with Crippen LogP contribution >= 0.6 is 0 Å². The highest BCUT2D eigenvalue weighted by Gasteiger charge is 2.22. The van der Waals surface area contributed by atoms with Crippen molar-refractivity contribution >= 4 is 26.7 Å². The minimum Gasteiger partial charge on any atom is -0.342 e. The van der Waals surface area contributed by atoms with E-state index in [2.05, 4.69) is 24.9 Å². The van der Waals surface area contributed by atoms with Crippen LogP contribution in [0.2, 0.25) is 0 Å². The lowest BCUT2D eigenvalue weighted by molar-refractivity contribution is 0.600. The van der Waals surface area contributed by atoms with Crippen molar-refractivity contribution < 1.29 is 8.42 Å². The van der Waals surface area contributed by atoms with Gasteiger partial charge in [-0.25, -0.2) is 13.4 Å². The average molecular weight is 319 g/mol. The molecule has 0 aliphatic heterocycles. The van der Waals surface area contributed by atoms with Crippen LogP contribution in [-0.4, -0.2) is 28.6 Å². The average Bonchev–Trinajstić information content (AvgIpc) is 3.01. The molecule has 7 nitrogen and oxygen atoms in total. The van der Waals surface area contributed by atoms with Gasteiger partial charge in [0.25, 0.3) is 10.0 Å². The molecule has 3 N–H and O–H groups in total. The van der Waals surface area contributed by atoms with Gasteiger partial charge >= 0.3 is 0 Å². The number of rotatable bonds is 4. The Kier molecular flexibility index (Phi) is 3.40. The van der Waals surface area contributed by atoms with E-state index in [1.807, 2.05) is 6.92 Å². The molecule has 2 heterocycles. The van der Waals surface area contributed by atoms with Crippen molar-refractivity contribution in [2.75, 3.05) is 4.72 Å². The summed E-state index contributed by atoms with van der Waals surface area (Å²) in [5.74, 6) is 0.872. The highest BCUT2D eigenvalue weighted by atomic mass is 32.2. The maximum absolute atomic E-state index is 12.5. The van der Waals surface area contributed by atoms with Crippen molar-refractivity contribution in [1.29, 1.82) is 0 Å². The number of hydrogen-bond acceptors (Lipinski definition) is 4. The minimum atomic E-state index is -3.68. The molecular formula is C14H17N5O2S. The minimum absolute atomic E-state index is 0.187. The normalized spacial score (nSPS) is 12.0. The molecular weight excluding hydrogens is 302 g/mol. The second kappa shape index (κ2) is 5.13. The van der Waals surface area contributed by atoms with Gasteiger partial charge in [0.1, 0.15) is 10.7 Å². The van der Waals surface area contributed by atoms with Gasteiger partial charge in [-0.1, -0.05) is 6.92 Å². The number of sulfonamides is 1. The Bertz CT molecular complexity index is 920. The lowest BCUT2D eigenvalue weighted by Gasteiger charge is -2.08. The molecule has 0 saturated carbocycles. The van der Waals surface area contributed by atoms with Crippen LogP contribution in [0.15, 0.2) is 23.1 Å². The van der Waals surface area contributed by atoms with Gasteiger partial charge in [-0.15, -0.1) is 0 Å². The standard InChI is InChI=1S/C14H17N5O2S/c1-4-13-15-11-6-5-10(7-12(11)16-13)19-22(20,21)14-8(2)17-18-9(14)3/h5-7,19H,4H2,1-3H3,(H,15,16)(H,17,18). The number of aromatic amines is 2. The van der Waals surface area contributed by atoms with E-state index in [4.69, 9.17) is 0 Å². The van der Waals surface area contributed by atoms with Crippen LogP contribution in [0.1, 0.15) is 24.1 Å². The van der Waals surface area contributed by atoms with Crippen LogP contribution in [0.4, 0.5) is 5.69 Å². The second-order valence-corrected chi connectivity index (χ2v) is 6.76. The number of fused-ring (bicyclic) bond motifs is 1. The van der Waals surface area contributed by atoms with Crippen molar-refractivity contribution in [2.24, 2.45) is 0 Å². The van der Waals surface area contributed by atoms with Gasteiger partial charge < -0.3 is 4.98 Å². The molecule has 0 amide bonds. The summed E-state index contributed by atoms with van der Waals surface area (Å²) in [5.41, 5.74) is 3.06. The smallest absolute Gasteiger partial charge is 0.265 e. The zero-order valence-corrected chi connectivity index (χ0v) is 13.4. The number of nitrogens with one attached hydrogen (secondary N) is 3. The number of hydrogen-bond donors (Lipinski definition) is 3. The summed E-state index contributed by atoms with van der Waals surface area (Å²) in [7, 11) is -3.68. The maximum Gasteiger partial charge on any atom is 0.265 e. The van der Waals surface area contributed by atoms with Crippen molar-refractivity contribution in [1.82, 2.24) is 20.2 Å². The first-order valence-electron chi connectivity index (χ1n) is 6.93. The summed E-state index contributed by atoms with van der Waals surface area (Å²) in [4.78, 5) is 7.75. The molecule has 1 aromatic carbocycles. The Morgan fingerprint density at radius 3 is 2.68 bits per heavy atom. The van der Waals surface area contributed by atoms with E-state index in [-0.39, 0.29) is 4.90 Å². The summed E-state index contributed by atoms with van der Waals surface area (Å²) in [6.45, 7) is 5.34. The quantitative estimate of drug-likeness (QED) is 0.686. The molecule has 3 aromatic rings. The predicted octanol–water partition coefficient (Wildman–Crippen LogP) is 2.27. The van der Waals surface area contributed by atoms with E-state index in [1.165, 1.54) is 0 Å². The fraction of sp³-hybridized carbons (Fsp3) is 0.286. The summed E-state index contributed by atoms with van der Waals surface area (Å²) in [5, 5.41) is 6.61. The number of aromatic nitrogens is 4. The van der Waals surface area contributed by atoms with Gasteiger partial charge in [-0.05, 0) is 32.0 Å². The number of imidazole rings is 1. The zero-order valence-electron chi connectivity index (χ0n) is 12.6. The van der Waals surface area contributed by atoms with Gasteiger partial charge in [-0.2, -0.15) is 5.10 Å². The number of H-pyrrole nitrogens is 2. The topological polar surface area (TPSA) is 104 Å². The highest BCUT2D eigenvalue weighted by Crippen LogP contribution is 2.23. The molecule has 22 heavy (non-hydrogen) atoms. The summed E-state index contributed by atoms with van der Waals surface area (Å²) >= 11 is 0. The van der Waals surface area contributed by atoms with Crippen LogP contribution in [0.3, 0.4) is 0 Å². The summed E-state index contributed by atoms with van der Waals surface area (Å²) in [6, 6.07) is 5.23. The Labute approximate surface area is 128 Å². The van der Waals surface area contributed by atoms with E-state index >= 15 is 0 Å². The number of nitrogens with zero attached hydrogens (tertiary/aromatic N) is 2. The van der Waals surface area contributed by atoms with Crippen molar-refractivity contribution in [3.63, 3.8) is 0 Å². The maximum atomic E-state index is 12.5. The first-order chi connectivity index (χ1) is 10.4. The molecule has 0 aliphatic rings. The number of anilines is 1. The number of aryl methyl sites for hydroxylation is 3. The molecule has 0 bridgehead atoms. The molecule has 8 heteroatoms. The monoisotopic (exact) mass is 319 g/mol. The van der Waals surface area contributed by atoms with E-state index < -0.39 is 10.0 Å². The molecule has 0 radical (unpaired) electrons. The lowest BCUT2D eigenvalue weighted by Crippen LogP contribution is -2.14. The Morgan fingerprint density at radius 1 is 1.27 bits per heavy atom. The van der Waals surface area contributed by atoms with E-state index in [0.29, 0.717) is 17.1 Å². The van der Waals surface area contributed by atoms with Crippen LogP contribution in [0.25, 0.3) is 11.0 Å². The zero-order chi connectivity index (χ0) is 15.9. The Hall–Kier alpha value is -2.35. The molecule has 0 unspecified atom stereocenters. The SMILES string of the molecule is CCc1nc2ccc(NS(=O)(=O)c3c(C)n[nH]c3C)cc2[nH]1. The van der Waals surface area contributed by atoms with E-state index in [0.717, 1.165) is 23.3 Å². The van der Waals surface area contributed by atoms with Gasteiger partial charge in [0.2, 0.25) is 0 Å².